The van der Waals surface area contributed by atoms with Crippen molar-refractivity contribution in [2.45, 2.75) is 13.8 Å². The van der Waals surface area contributed by atoms with Crippen LogP contribution in [-0.2, 0) is 0 Å². The molecule has 0 spiro atoms. The first-order valence-electron chi connectivity index (χ1n) is 4.76. The van der Waals surface area contributed by atoms with Gasteiger partial charge in [-0.1, -0.05) is 0 Å². The molecule has 0 aliphatic rings. The van der Waals surface area contributed by atoms with E-state index in [1.165, 1.54) is 17.9 Å². The first kappa shape index (κ1) is 10.5. The molecule has 5 heteroatoms. The van der Waals surface area contributed by atoms with Crippen LogP contribution in [0.2, 0.25) is 0 Å². The zero-order valence-corrected chi connectivity index (χ0v) is 9.23. The van der Waals surface area contributed by atoms with Crippen molar-refractivity contribution in [3.05, 3.63) is 44.2 Å². The van der Waals surface area contributed by atoms with E-state index in [-0.39, 0.29) is 10.8 Å². The summed E-state index contributed by atoms with van der Waals surface area (Å²) in [5.41, 5.74) is 0.0756. The van der Waals surface area contributed by atoms with Gasteiger partial charge in [0.15, 0.2) is 5.43 Å². The third-order valence-electron chi connectivity index (χ3n) is 2.36. The summed E-state index contributed by atoms with van der Waals surface area (Å²) in [7, 11) is 1.47. The van der Waals surface area contributed by atoms with Gasteiger partial charge in [0.2, 0.25) is 0 Å². The Morgan fingerprint density at radius 2 is 1.94 bits per heavy atom. The van der Waals surface area contributed by atoms with Gasteiger partial charge in [-0.05, 0) is 13.8 Å². The number of fused-ring (bicyclic) bond motifs is 1. The molecule has 0 radical (unpaired) electrons. The smallest absolute Gasteiger partial charge is 0.349 e. The van der Waals surface area contributed by atoms with Crippen LogP contribution >= 0.6 is 0 Å². The Labute approximate surface area is 90.8 Å². The van der Waals surface area contributed by atoms with Crippen LogP contribution in [-0.4, -0.2) is 11.8 Å². The lowest BCUT2D eigenvalue weighted by Crippen LogP contribution is -2.21. The number of hydrogen-bond acceptors (Lipinski definition) is 4. The highest BCUT2D eigenvalue weighted by Crippen LogP contribution is 2.09. The maximum Gasteiger partial charge on any atom is 0.349 e. The molecule has 0 N–H and O–H groups in total. The summed E-state index contributed by atoms with van der Waals surface area (Å²) in [6, 6.07) is 2.95. The lowest BCUT2D eigenvalue weighted by molar-refractivity contribution is 0.171. The molecular formula is C11H11NO4. The molecule has 2 aromatic heterocycles. The molecule has 0 unspecified atom stereocenters. The lowest BCUT2D eigenvalue weighted by Gasteiger charge is -2.11. The Bertz CT molecular complexity index is 653. The van der Waals surface area contributed by atoms with Gasteiger partial charge in [0.05, 0.1) is 5.69 Å². The zero-order chi connectivity index (χ0) is 11.9. The molecule has 16 heavy (non-hydrogen) atoms. The quantitative estimate of drug-likeness (QED) is 0.708. The number of nitrogens with zero attached hydrogens (tertiary/aromatic N) is 1. The maximum atomic E-state index is 11.7. The van der Waals surface area contributed by atoms with Crippen molar-refractivity contribution in [1.29, 1.82) is 0 Å². The molecule has 0 aliphatic carbocycles. The Hall–Kier alpha value is -2.04. The SMILES string of the molecule is COn1c(C)cc(=O)c2c(=O)oc(C)cc21. The minimum Gasteiger partial charge on any atom is -0.428 e. The second kappa shape index (κ2) is 3.52. The van der Waals surface area contributed by atoms with E-state index in [1.54, 1.807) is 19.9 Å². The molecule has 0 atom stereocenters. The molecule has 84 valence electrons. The second-order valence-corrected chi connectivity index (χ2v) is 3.53. The molecule has 0 aliphatic heterocycles. The minimum absolute atomic E-state index is 0.0121. The summed E-state index contributed by atoms with van der Waals surface area (Å²) < 4.78 is 6.32. The minimum atomic E-state index is -0.634. The monoisotopic (exact) mass is 221 g/mol. The fourth-order valence-corrected chi connectivity index (χ4v) is 1.74. The number of hydrogen-bond donors (Lipinski definition) is 0. The van der Waals surface area contributed by atoms with Crippen molar-refractivity contribution in [2.24, 2.45) is 0 Å². The van der Waals surface area contributed by atoms with E-state index in [4.69, 9.17) is 9.25 Å². The molecule has 0 amide bonds. The van der Waals surface area contributed by atoms with Crippen molar-refractivity contribution in [2.75, 3.05) is 7.11 Å². The highest BCUT2D eigenvalue weighted by Gasteiger charge is 2.12. The van der Waals surface area contributed by atoms with Crippen molar-refractivity contribution in [1.82, 2.24) is 4.73 Å². The molecule has 0 aromatic carbocycles. The molecule has 0 bridgehead atoms. The van der Waals surface area contributed by atoms with Gasteiger partial charge in [-0.25, -0.2) is 4.79 Å². The van der Waals surface area contributed by atoms with E-state index < -0.39 is 5.63 Å². The van der Waals surface area contributed by atoms with Crippen LogP contribution in [0.5, 0.6) is 0 Å². The number of rotatable bonds is 1. The van der Waals surface area contributed by atoms with Crippen LogP contribution in [0.3, 0.4) is 0 Å². The van der Waals surface area contributed by atoms with E-state index in [9.17, 15) is 9.59 Å². The highest BCUT2D eigenvalue weighted by molar-refractivity contribution is 5.77. The Morgan fingerprint density at radius 3 is 2.56 bits per heavy atom. The largest absolute Gasteiger partial charge is 0.428 e. The highest BCUT2D eigenvalue weighted by atomic mass is 16.6. The molecule has 0 saturated heterocycles. The number of aromatic nitrogens is 1. The molecule has 2 heterocycles. The Morgan fingerprint density at radius 1 is 1.25 bits per heavy atom. The first-order valence-corrected chi connectivity index (χ1v) is 4.76. The lowest BCUT2D eigenvalue weighted by atomic mass is 10.2. The molecule has 5 nitrogen and oxygen atoms in total. The third-order valence-corrected chi connectivity index (χ3v) is 2.36. The van der Waals surface area contributed by atoms with Gasteiger partial charge in [0, 0.05) is 12.1 Å². The van der Waals surface area contributed by atoms with Crippen LogP contribution in [0, 0.1) is 13.8 Å². The normalized spacial score (nSPS) is 10.7. The van der Waals surface area contributed by atoms with Gasteiger partial charge in [-0.2, -0.15) is 4.73 Å². The average Bonchev–Trinajstić information content (AvgIpc) is 2.15. The van der Waals surface area contributed by atoms with Crippen LogP contribution in [0.15, 0.2) is 26.1 Å². The predicted molar refractivity (Wildman–Crippen MR) is 58.7 cm³/mol. The summed E-state index contributed by atoms with van der Waals surface area (Å²) in [5, 5.41) is 0.0121. The molecule has 2 aromatic rings. The van der Waals surface area contributed by atoms with Crippen LogP contribution < -0.4 is 15.9 Å². The van der Waals surface area contributed by atoms with Crippen LogP contribution in [0.1, 0.15) is 11.5 Å². The van der Waals surface area contributed by atoms with E-state index in [2.05, 4.69) is 0 Å². The van der Waals surface area contributed by atoms with Gasteiger partial charge >= 0.3 is 5.63 Å². The molecule has 0 fully saturated rings. The van der Waals surface area contributed by atoms with Crippen LogP contribution in [0.4, 0.5) is 0 Å². The van der Waals surface area contributed by atoms with E-state index in [0.29, 0.717) is 17.0 Å². The standard InChI is InChI=1S/C11H11NO4/c1-6-4-9(13)10-8(12(6)15-3)5-7(2)16-11(10)14/h4-5H,1-3H3. The first-order chi connectivity index (χ1) is 7.54. The number of aryl methyl sites for hydroxylation is 2. The summed E-state index contributed by atoms with van der Waals surface area (Å²) in [5.74, 6) is 0.438. The summed E-state index contributed by atoms with van der Waals surface area (Å²) in [6.45, 7) is 3.38. The van der Waals surface area contributed by atoms with Gasteiger partial charge in [0.1, 0.15) is 23.8 Å². The van der Waals surface area contributed by atoms with E-state index in [0.717, 1.165) is 0 Å². The zero-order valence-electron chi connectivity index (χ0n) is 9.23. The second-order valence-electron chi connectivity index (χ2n) is 3.53. The Kier molecular flexibility index (Phi) is 2.30. The van der Waals surface area contributed by atoms with Gasteiger partial charge in [-0.3, -0.25) is 4.79 Å². The fraction of sp³-hybridized carbons (Fsp3) is 0.273. The third kappa shape index (κ3) is 1.41. The summed E-state index contributed by atoms with van der Waals surface area (Å²) in [6.07, 6.45) is 0. The van der Waals surface area contributed by atoms with Gasteiger partial charge in [-0.15, -0.1) is 0 Å². The van der Waals surface area contributed by atoms with E-state index in [1.807, 2.05) is 0 Å². The topological polar surface area (TPSA) is 61.4 Å². The fourth-order valence-electron chi connectivity index (χ4n) is 1.74. The van der Waals surface area contributed by atoms with Gasteiger partial charge < -0.3 is 9.25 Å². The van der Waals surface area contributed by atoms with Gasteiger partial charge in [0.25, 0.3) is 0 Å². The number of pyridine rings is 1. The summed E-state index contributed by atoms with van der Waals surface area (Å²) in [4.78, 5) is 28.4. The molecule has 0 saturated carbocycles. The van der Waals surface area contributed by atoms with Crippen molar-refractivity contribution < 1.29 is 9.25 Å². The predicted octanol–water partition coefficient (Wildman–Crippen LogP) is 0.630. The maximum absolute atomic E-state index is 11.7. The molecule has 2 rings (SSSR count). The van der Waals surface area contributed by atoms with Crippen LogP contribution in [0.25, 0.3) is 10.9 Å². The van der Waals surface area contributed by atoms with E-state index >= 15 is 0 Å². The molecular weight excluding hydrogens is 210 g/mol. The Balaban J connectivity index is 3.12. The summed E-state index contributed by atoms with van der Waals surface area (Å²) >= 11 is 0. The van der Waals surface area contributed by atoms with Crippen molar-refractivity contribution in [3.63, 3.8) is 0 Å². The van der Waals surface area contributed by atoms with Crippen molar-refractivity contribution >= 4 is 10.9 Å². The van der Waals surface area contributed by atoms with Crippen molar-refractivity contribution in [3.8, 4) is 0 Å². The average molecular weight is 221 g/mol.